The van der Waals surface area contributed by atoms with Gasteiger partial charge in [-0.1, -0.05) is 6.07 Å². The Hall–Kier alpha value is -3.39. The predicted octanol–water partition coefficient (Wildman–Crippen LogP) is 3.45. The van der Waals surface area contributed by atoms with Crippen molar-refractivity contribution >= 4 is 28.4 Å². The van der Waals surface area contributed by atoms with Gasteiger partial charge in [0.05, 0.1) is 0 Å². The Morgan fingerprint density at radius 1 is 1.16 bits per heavy atom. The lowest BCUT2D eigenvalue weighted by Gasteiger charge is -2.29. The van der Waals surface area contributed by atoms with Crippen molar-refractivity contribution in [2.75, 3.05) is 37.3 Å². The molecule has 0 radical (unpaired) electrons. The molecule has 0 bridgehead atoms. The van der Waals surface area contributed by atoms with Gasteiger partial charge in [0, 0.05) is 36.6 Å². The number of amides is 1. The summed E-state index contributed by atoms with van der Waals surface area (Å²) in [5, 5.41) is 8.51. The number of nitrogens with zero attached hydrogens (tertiary/aromatic N) is 3. The molecule has 0 unspecified atom stereocenters. The number of piperidine rings is 1. The number of hydrogen-bond acceptors (Lipinski definition) is 7. The first-order valence-electron chi connectivity index (χ1n) is 10.5. The average molecular weight is 421 g/mol. The number of carbonyl (C=O) groups excluding carboxylic acids is 1. The Labute approximate surface area is 181 Å². The summed E-state index contributed by atoms with van der Waals surface area (Å²) in [5.74, 6) is 1.85. The molecule has 1 aliphatic rings. The Balaban J connectivity index is 1.31. The molecule has 1 amide bonds. The lowest BCUT2D eigenvalue weighted by molar-refractivity contribution is 0.209. The van der Waals surface area contributed by atoms with Crippen LogP contribution >= 0.6 is 0 Å². The van der Waals surface area contributed by atoms with E-state index in [2.05, 4.69) is 38.6 Å². The van der Waals surface area contributed by atoms with Crippen LogP contribution in [0.1, 0.15) is 18.4 Å². The van der Waals surface area contributed by atoms with E-state index >= 15 is 0 Å². The number of pyridine rings is 2. The molecule has 1 saturated heterocycles. The lowest BCUT2D eigenvalue weighted by atomic mass is 9.97. The highest BCUT2D eigenvalue weighted by atomic mass is 16.6. The van der Waals surface area contributed by atoms with E-state index in [1.165, 1.54) is 25.9 Å². The predicted molar refractivity (Wildman–Crippen MR) is 122 cm³/mol. The molecule has 2 aromatic heterocycles. The molecule has 0 saturated carbocycles. The van der Waals surface area contributed by atoms with Crippen molar-refractivity contribution in [3.8, 4) is 5.88 Å². The summed E-state index contributed by atoms with van der Waals surface area (Å²) >= 11 is 0. The fraction of sp³-hybridized carbons (Fsp3) is 0.348. The van der Waals surface area contributed by atoms with Gasteiger partial charge in [-0.15, -0.1) is 0 Å². The third kappa shape index (κ3) is 5.61. The largest absolute Gasteiger partial charge is 0.411 e. The van der Waals surface area contributed by atoms with Crippen molar-refractivity contribution in [2.45, 2.75) is 19.4 Å². The van der Waals surface area contributed by atoms with Crippen molar-refractivity contribution in [2.24, 2.45) is 11.7 Å². The number of aromatic nitrogens is 2. The van der Waals surface area contributed by atoms with E-state index in [4.69, 9.17) is 10.5 Å². The highest BCUT2D eigenvalue weighted by molar-refractivity contribution is 5.90. The lowest BCUT2D eigenvalue weighted by Crippen LogP contribution is -2.33. The second-order valence-corrected chi connectivity index (χ2v) is 8.01. The monoisotopic (exact) mass is 420 g/mol. The van der Waals surface area contributed by atoms with Crippen LogP contribution in [0.25, 0.3) is 10.8 Å². The first-order chi connectivity index (χ1) is 15.1. The average Bonchev–Trinajstić information content (AvgIpc) is 2.78. The minimum absolute atomic E-state index is 0.212. The van der Waals surface area contributed by atoms with Crippen molar-refractivity contribution < 1.29 is 9.53 Å². The van der Waals surface area contributed by atoms with Crippen molar-refractivity contribution in [3.63, 3.8) is 0 Å². The molecule has 1 aliphatic heterocycles. The molecule has 1 fully saturated rings. The maximum atomic E-state index is 11.0. The molecule has 3 heterocycles. The summed E-state index contributed by atoms with van der Waals surface area (Å²) in [6, 6.07) is 11.7. The Morgan fingerprint density at radius 2 is 2.00 bits per heavy atom. The van der Waals surface area contributed by atoms with Crippen LogP contribution in [0, 0.1) is 5.92 Å². The summed E-state index contributed by atoms with van der Waals surface area (Å²) in [7, 11) is 2.18. The van der Waals surface area contributed by atoms with Gasteiger partial charge < -0.3 is 26.0 Å². The maximum absolute atomic E-state index is 11.0. The van der Waals surface area contributed by atoms with Crippen molar-refractivity contribution in [1.29, 1.82) is 0 Å². The molecular formula is C23H28N6O2. The van der Waals surface area contributed by atoms with E-state index in [1.54, 1.807) is 6.20 Å². The molecule has 0 aliphatic carbocycles. The van der Waals surface area contributed by atoms with Gasteiger partial charge in [-0.05, 0) is 80.2 Å². The zero-order valence-corrected chi connectivity index (χ0v) is 17.7. The molecule has 4 N–H and O–H groups in total. The van der Waals surface area contributed by atoms with Gasteiger partial charge in [0.2, 0.25) is 5.88 Å². The summed E-state index contributed by atoms with van der Waals surface area (Å²) in [6.45, 7) is 3.99. The van der Waals surface area contributed by atoms with Crippen LogP contribution in [0.5, 0.6) is 5.88 Å². The number of rotatable bonds is 7. The number of nitrogens with one attached hydrogen (secondary N) is 2. The number of hydrogen-bond donors (Lipinski definition) is 3. The summed E-state index contributed by atoms with van der Waals surface area (Å²) in [4.78, 5) is 22.0. The second kappa shape index (κ2) is 9.61. The van der Waals surface area contributed by atoms with Crippen molar-refractivity contribution in [1.82, 2.24) is 14.9 Å². The molecule has 4 rings (SSSR count). The van der Waals surface area contributed by atoms with E-state index in [0.717, 1.165) is 40.3 Å². The van der Waals surface area contributed by atoms with Crippen molar-refractivity contribution in [3.05, 3.63) is 54.4 Å². The molecule has 31 heavy (non-hydrogen) atoms. The zero-order valence-electron chi connectivity index (χ0n) is 17.7. The van der Waals surface area contributed by atoms with Crippen LogP contribution in [0.2, 0.25) is 0 Å². The highest BCUT2D eigenvalue weighted by Gasteiger charge is 2.16. The number of ether oxygens (including phenoxy) is 1. The number of primary amides is 1. The topological polar surface area (TPSA) is 105 Å². The van der Waals surface area contributed by atoms with E-state index in [-0.39, 0.29) is 5.88 Å². The van der Waals surface area contributed by atoms with Gasteiger partial charge in [-0.3, -0.25) is 0 Å². The minimum Gasteiger partial charge on any atom is -0.391 e. The number of nitrogens with two attached hydrogens (primary N) is 1. The Bertz CT molecular complexity index is 1030. The third-order valence-corrected chi connectivity index (χ3v) is 5.66. The number of anilines is 2. The SMILES string of the molecule is CN1CCC(CNc2ccc(CNc3ccc4c(OC(N)=O)nccc4c3)cn2)CC1. The van der Waals surface area contributed by atoms with Gasteiger partial charge in [0.25, 0.3) is 0 Å². The number of benzene rings is 1. The first kappa shape index (κ1) is 20.9. The fourth-order valence-corrected chi connectivity index (χ4v) is 3.79. The van der Waals surface area contributed by atoms with Crippen LogP contribution in [0.4, 0.5) is 16.3 Å². The molecule has 8 heteroatoms. The van der Waals surface area contributed by atoms with Crippen LogP contribution in [0.3, 0.4) is 0 Å². The highest BCUT2D eigenvalue weighted by Crippen LogP contribution is 2.26. The Kier molecular flexibility index (Phi) is 6.47. The number of likely N-dealkylation sites (tertiary alicyclic amines) is 1. The van der Waals surface area contributed by atoms with Crippen LogP contribution in [-0.2, 0) is 6.54 Å². The quantitative estimate of drug-likeness (QED) is 0.537. The van der Waals surface area contributed by atoms with Gasteiger partial charge in [0.1, 0.15) is 5.82 Å². The van der Waals surface area contributed by atoms with E-state index < -0.39 is 6.09 Å². The normalized spacial score (nSPS) is 15.0. The zero-order chi connectivity index (χ0) is 21.6. The fourth-order valence-electron chi connectivity index (χ4n) is 3.79. The van der Waals surface area contributed by atoms with Gasteiger partial charge in [-0.2, -0.15) is 0 Å². The van der Waals surface area contributed by atoms with Gasteiger partial charge in [0.15, 0.2) is 0 Å². The van der Waals surface area contributed by atoms with Crippen LogP contribution < -0.4 is 21.1 Å². The van der Waals surface area contributed by atoms with Crippen LogP contribution in [0.15, 0.2) is 48.8 Å². The molecule has 8 nitrogen and oxygen atoms in total. The van der Waals surface area contributed by atoms with Gasteiger partial charge in [-0.25, -0.2) is 14.8 Å². The van der Waals surface area contributed by atoms with E-state index in [0.29, 0.717) is 6.54 Å². The molecule has 162 valence electrons. The molecule has 3 aromatic rings. The standard InChI is InChI=1S/C23H28N6O2/c1-29-10-7-16(8-11-29)13-27-21-5-2-17(15-28-21)14-26-19-3-4-20-18(12-19)6-9-25-22(20)31-23(24)30/h2-6,9,12,15-16,26H,7-8,10-11,13-14H2,1H3,(H2,24,30)(H,27,28). The summed E-state index contributed by atoms with van der Waals surface area (Å²) < 4.78 is 4.96. The molecule has 0 spiro atoms. The third-order valence-electron chi connectivity index (χ3n) is 5.66. The van der Waals surface area contributed by atoms with Gasteiger partial charge >= 0.3 is 6.09 Å². The molecule has 0 atom stereocenters. The maximum Gasteiger partial charge on any atom is 0.411 e. The first-order valence-corrected chi connectivity index (χ1v) is 10.5. The minimum atomic E-state index is -0.876. The number of fused-ring (bicyclic) bond motifs is 1. The molecule has 1 aromatic carbocycles. The number of carbonyl (C=O) groups is 1. The summed E-state index contributed by atoms with van der Waals surface area (Å²) in [5.41, 5.74) is 7.15. The van der Waals surface area contributed by atoms with E-state index in [1.807, 2.05) is 36.5 Å². The molecular weight excluding hydrogens is 392 g/mol. The van der Waals surface area contributed by atoms with Crippen LogP contribution in [-0.4, -0.2) is 47.6 Å². The second-order valence-electron chi connectivity index (χ2n) is 8.01. The summed E-state index contributed by atoms with van der Waals surface area (Å²) in [6.07, 6.45) is 5.09. The smallest absolute Gasteiger partial charge is 0.391 e. The Morgan fingerprint density at radius 3 is 2.74 bits per heavy atom. The van der Waals surface area contributed by atoms with E-state index in [9.17, 15) is 4.79 Å².